The topological polar surface area (TPSA) is 73.9 Å². The Morgan fingerprint density at radius 3 is 3.00 bits per heavy atom. The van der Waals surface area contributed by atoms with Crippen molar-refractivity contribution in [3.8, 4) is 0 Å². The van der Waals surface area contributed by atoms with Crippen LogP contribution in [0.25, 0.3) is 0 Å². The lowest BCUT2D eigenvalue weighted by Crippen LogP contribution is -2.59. The minimum absolute atomic E-state index is 0.0213. The van der Waals surface area contributed by atoms with Gasteiger partial charge >= 0.3 is 0 Å². The van der Waals surface area contributed by atoms with Crippen LogP contribution in [-0.2, 0) is 19.9 Å². The van der Waals surface area contributed by atoms with Crippen LogP contribution < -0.4 is 10.6 Å². The number of nitrogens with one attached hydrogen (secondary N) is 2. The highest BCUT2D eigenvalue weighted by molar-refractivity contribution is 6.09. The highest BCUT2D eigenvalue weighted by Gasteiger charge is 2.66. The fourth-order valence-corrected chi connectivity index (χ4v) is 6.60. The van der Waals surface area contributed by atoms with E-state index in [4.69, 9.17) is 4.74 Å². The molecule has 0 radical (unpaired) electrons. The molecule has 0 aromatic heterocycles. The molecule has 5 heterocycles. The monoisotopic (exact) mass is 396 g/mol. The van der Waals surface area contributed by atoms with Gasteiger partial charge in [-0.3, -0.25) is 14.5 Å². The van der Waals surface area contributed by atoms with Crippen molar-refractivity contribution in [2.75, 3.05) is 44.6 Å². The Kier molecular flexibility index (Phi) is 3.86. The van der Waals surface area contributed by atoms with Crippen molar-refractivity contribution in [2.24, 2.45) is 5.92 Å². The lowest BCUT2D eigenvalue weighted by Gasteiger charge is -2.43. The van der Waals surface area contributed by atoms with Crippen molar-refractivity contribution in [1.29, 1.82) is 0 Å². The summed E-state index contributed by atoms with van der Waals surface area (Å²) in [5.74, 6) is -0.228. The SMILES string of the molecule is O=C([C@H]1C[C@H]2CCCN2[C@]12C(=O)Nc1ccccc12)N1CCOC2(CCNC2)C1. The number of ether oxygens (including phenoxy) is 1. The van der Waals surface area contributed by atoms with Crippen LogP contribution in [0.4, 0.5) is 5.69 Å². The number of carbonyl (C=O) groups is 2. The third kappa shape index (κ3) is 2.35. The molecule has 4 fully saturated rings. The maximum absolute atomic E-state index is 13.9. The Bertz CT molecular complexity index is 867. The van der Waals surface area contributed by atoms with Gasteiger partial charge in [-0.1, -0.05) is 18.2 Å². The summed E-state index contributed by atoms with van der Waals surface area (Å²) in [5, 5.41) is 6.47. The van der Waals surface area contributed by atoms with Gasteiger partial charge < -0.3 is 20.3 Å². The first-order chi connectivity index (χ1) is 14.1. The van der Waals surface area contributed by atoms with Crippen LogP contribution in [0.15, 0.2) is 24.3 Å². The molecule has 1 aromatic rings. The van der Waals surface area contributed by atoms with Crippen molar-refractivity contribution in [3.05, 3.63) is 29.8 Å². The lowest BCUT2D eigenvalue weighted by atomic mass is 9.77. The maximum Gasteiger partial charge on any atom is 0.250 e. The van der Waals surface area contributed by atoms with E-state index in [1.54, 1.807) is 0 Å². The molecule has 154 valence electrons. The van der Waals surface area contributed by atoms with E-state index in [1.807, 2.05) is 29.2 Å². The van der Waals surface area contributed by atoms with Crippen LogP contribution in [-0.4, -0.2) is 72.6 Å². The molecule has 29 heavy (non-hydrogen) atoms. The maximum atomic E-state index is 13.9. The number of hydrogen-bond donors (Lipinski definition) is 2. The molecule has 2 N–H and O–H groups in total. The molecule has 4 atom stereocenters. The summed E-state index contributed by atoms with van der Waals surface area (Å²) in [6.45, 7) is 4.42. The molecule has 5 aliphatic heterocycles. The van der Waals surface area contributed by atoms with Crippen molar-refractivity contribution in [3.63, 3.8) is 0 Å². The van der Waals surface area contributed by atoms with Crippen LogP contribution >= 0.6 is 0 Å². The molecular weight excluding hydrogens is 368 g/mol. The molecule has 0 saturated carbocycles. The zero-order valence-electron chi connectivity index (χ0n) is 16.7. The number of morpholine rings is 1. The van der Waals surface area contributed by atoms with Gasteiger partial charge in [0, 0.05) is 30.4 Å². The molecule has 0 aliphatic carbocycles. The summed E-state index contributed by atoms with van der Waals surface area (Å²) >= 11 is 0. The summed E-state index contributed by atoms with van der Waals surface area (Å²) in [6, 6.07) is 8.24. The van der Waals surface area contributed by atoms with E-state index >= 15 is 0 Å². The van der Waals surface area contributed by atoms with Crippen LogP contribution in [0.5, 0.6) is 0 Å². The number of nitrogens with zero attached hydrogens (tertiary/aromatic N) is 2. The van der Waals surface area contributed by atoms with E-state index in [9.17, 15) is 9.59 Å². The first-order valence-electron chi connectivity index (χ1n) is 11.0. The van der Waals surface area contributed by atoms with Gasteiger partial charge in [0.25, 0.3) is 0 Å². The molecular formula is C22H28N4O3. The van der Waals surface area contributed by atoms with E-state index in [0.29, 0.717) is 25.7 Å². The largest absolute Gasteiger partial charge is 0.370 e. The highest BCUT2D eigenvalue weighted by Crippen LogP contribution is 2.55. The highest BCUT2D eigenvalue weighted by atomic mass is 16.5. The summed E-state index contributed by atoms with van der Waals surface area (Å²) in [4.78, 5) is 31.7. The molecule has 6 rings (SSSR count). The normalized spacial score (nSPS) is 38.6. The second kappa shape index (κ2) is 6.27. The first kappa shape index (κ1) is 17.9. The number of anilines is 1. The second-order valence-electron chi connectivity index (χ2n) is 9.26. The van der Waals surface area contributed by atoms with Crippen molar-refractivity contribution >= 4 is 17.5 Å². The Labute approximate surface area is 170 Å². The zero-order valence-corrected chi connectivity index (χ0v) is 16.7. The Hall–Kier alpha value is -1.96. The summed E-state index contributed by atoms with van der Waals surface area (Å²) in [5.41, 5.74) is 0.736. The molecule has 4 saturated heterocycles. The van der Waals surface area contributed by atoms with Gasteiger partial charge in [0.05, 0.1) is 24.7 Å². The lowest BCUT2D eigenvalue weighted by molar-refractivity contribution is -0.157. The molecule has 1 unspecified atom stereocenters. The van der Waals surface area contributed by atoms with Crippen LogP contribution in [0.2, 0.25) is 0 Å². The number of fused-ring (bicyclic) bond motifs is 4. The van der Waals surface area contributed by atoms with Gasteiger partial charge in [0.2, 0.25) is 11.8 Å². The number of benzene rings is 1. The first-order valence-corrected chi connectivity index (χ1v) is 11.0. The average Bonchev–Trinajstić information content (AvgIpc) is 3.48. The van der Waals surface area contributed by atoms with Crippen LogP contribution in [0.3, 0.4) is 0 Å². The third-order valence-electron chi connectivity index (χ3n) is 7.84. The number of amides is 2. The van der Waals surface area contributed by atoms with E-state index in [0.717, 1.165) is 56.6 Å². The number of carbonyl (C=O) groups excluding carboxylic acids is 2. The molecule has 2 amide bonds. The Morgan fingerprint density at radius 2 is 2.14 bits per heavy atom. The average molecular weight is 396 g/mol. The van der Waals surface area contributed by atoms with E-state index in [1.165, 1.54) is 0 Å². The predicted molar refractivity (Wildman–Crippen MR) is 107 cm³/mol. The third-order valence-corrected chi connectivity index (χ3v) is 7.84. The van der Waals surface area contributed by atoms with Crippen molar-refractivity contribution < 1.29 is 14.3 Å². The van der Waals surface area contributed by atoms with E-state index in [-0.39, 0.29) is 23.3 Å². The second-order valence-corrected chi connectivity index (χ2v) is 9.26. The molecule has 1 aromatic carbocycles. The fraction of sp³-hybridized carbons (Fsp3) is 0.636. The van der Waals surface area contributed by atoms with Crippen molar-refractivity contribution in [1.82, 2.24) is 15.1 Å². The molecule has 7 heteroatoms. The van der Waals surface area contributed by atoms with Gasteiger partial charge in [-0.05, 0) is 44.8 Å². The zero-order chi connectivity index (χ0) is 19.6. The van der Waals surface area contributed by atoms with Crippen LogP contribution in [0.1, 0.15) is 31.2 Å². The van der Waals surface area contributed by atoms with Gasteiger partial charge in [0.1, 0.15) is 5.54 Å². The Morgan fingerprint density at radius 1 is 1.24 bits per heavy atom. The van der Waals surface area contributed by atoms with Gasteiger partial charge in [0.15, 0.2) is 0 Å². The van der Waals surface area contributed by atoms with Gasteiger partial charge in [-0.25, -0.2) is 0 Å². The quantitative estimate of drug-likeness (QED) is 0.738. The minimum Gasteiger partial charge on any atom is -0.370 e. The van der Waals surface area contributed by atoms with E-state index in [2.05, 4.69) is 15.5 Å². The molecule has 7 nitrogen and oxygen atoms in total. The summed E-state index contributed by atoms with van der Waals surface area (Å²) in [6.07, 6.45) is 3.86. The predicted octanol–water partition coefficient (Wildman–Crippen LogP) is 0.909. The molecule has 5 aliphatic rings. The van der Waals surface area contributed by atoms with Gasteiger partial charge in [-0.15, -0.1) is 0 Å². The summed E-state index contributed by atoms with van der Waals surface area (Å²) < 4.78 is 6.09. The fourth-order valence-electron chi connectivity index (χ4n) is 6.60. The standard InChI is InChI=1S/C22H28N4O3/c27-19(25-10-11-29-21(14-25)7-8-23-13-21)17-12-15-4-3-9-26(15)22(17)16-5-1-2-6-18(16)24-20(22)28/h1-2,5-6,15,17,23H,3-4,7-14H2,(H,24,28)/t15-,17-,21?,22+/m1/s1. The number of rotatable bonds is 1. The minimum atomic E-state index is -0.853. The Balaban J connectivity index is 1.39. The summed E-state index contributed by atoms with van der Waals surface area (Å²) in [7, 11) is 0. The smallest absolute Gasteiger partial charge is 0.250 e. The van der Waals surface area contributed by atoms with E-state index < -0.39 is 5.54 Å². The number of hydrogen-bond acceptors (Lipinski definition) is 5. The van der Waals surface area contributed by atoms with Crippen LogP contribution in [0, 0.1) is 5.92 Å². The molecule has 0 bridgehead atoms. The number of para-hydroxylation sites is 1. The molecule has 2 spiro atoms. The van der Waals surface area contributed by atoms with Gasteiger partial charge in [-0.2, -0.15) is 0 Å². The van der Waals surface area contributed by atoms with Crippen molar-refractivity contribution in [2.45, 2.75) is 42.9 Å².